The van der Waals surface area contributed by atoms with Gasteiger partial charge in [0.25, 0.3) is 5.70 Å². The van der Waals surface area contributed by atoms with Crippen LogP contribution >= 0.6 is 0 Å². The number of nitrogens with zero attached hydrogens (tertiary/aromatic N) is 1. The van der Waals surface area contributed by atoms with Gasteiger partial charge in [-0.1, -0.05) is 18.2 Å². The summed E-state index contributed by atoms with van der Waals surface area (Å²) in [6.45, 7) is 3.54. The Balaban J connectivity index is 2.53. The molecule has 0 atom stereocenters. The first-order chi connectivity index (χ1) is 9.49. The smallest absolute Gasteiger partial charge is 0.277 e. The van der Waals surface area contributed by atoms with E-state index >= 15 is 0 Å². The van der Waals surface area contributed by atoms with Crippen LogP contribution in [0.2, 0.25) is 0 Å². The lowest BCUT2D eigenvalue weighted by Crippen LogP contribution is -1.97. The normalized spacial score (nSPS) is 11.4. The van der Waals surface area contributed by atoms with Crippen LogP contribution in [0.3, 0.4) is 0 Å². The highest BCUT2D eigenvalue weighted by molar-refractivity contribution is 5.77. The Morgan fingerprint density at radius 2 is 1.70 bits per heavy atom. The molecular weight excluding hydrogens is 254 g/mol. The quantitative estimate of drug-likeness (QED) is 0.524. The topological polar surface area (TPSA) is 63.4 Å². The van der Waals surface area contributed by atoms with Crippen molar-refractivity contribution in [3.63, 3.8) is 0 Å². The molecule has 4 nitrogen and oxygen atoms in total. The number of rotatable bonds is 3. The highest BCUT2D eigenvalue weighted by atomic mass is 16.6. The second kappa shape index (κ2) is 5.57. The maximum absolute atomic E-state index is 11.2. The molecule has 0 spiro atoms. The summed E-state index contributed by atoms with van der Waals surface area (Å²) in [4.78, 5) is 10.8. The Morgan fingerprint density at radius 3 is 2.20 bits per heavy atom. The zero-order valence-corrected chi connectivity index (χ0v) is 11.3. The van der Waals surface area contributed by atoms with Gasteiger partial charge >= 0.3 is 0 Å². The van der Waals surface area contributed by atoms with E-state index in [0.717, 1.165) is 0 Å². The summed E-state index contributed by atoms with van der Waals surface area (Å²) in [6, 6.07) is 12.2. The molecule has 20 heavy (non-hydrogen) atoms. The average molecular weight is 269 g/mol. The maximum Gasteiger partial charge on any atom is 0.277 e. The molecule has 0 bridgehead atoms. The number of aromatic hydroxyl groups is 1. The largest absolute Gasteiger partial charge is 0.507 e. The summed E-state index contributed by atoms with van der Waals surface area (Å²) in [6.07, 6.45) is 1.52. The molecule has 0 aliphatic carbocycles. The number of aryl methyl sites for hydroxylation is 2. The van der Waals surface area contributed by atoms with Crippen LogP contribution in [0.4, 0.5) is 0 Å². The molecule has 4 heteroatoms. The van der Waals surface area contributed by atoms with Gasteiger partial charge in [-0.25, -0.2) is 0 Å². The van der Waals surface area contributed by atoms with Crippen molar-refractivity contribution >= 4 is 11.8 Å². The Bertz CT molecular complexity index is 652. The molecule has 0 saturated heterocycles. The van der Waals surface area contributed by atoms with Crippen LogP contribution in [0.1, 0.15) is 22.3 Å². The molecule has 0 aliphatic rings. The highest BCUT2D eigenvalue weighted by Gasteiger charge is 2.14. The number of benzene rings is 2. The van der Waals surface area contributed by atoms with E-state index in [0.29, 0.717) is 22.3 Å². The van der Waals surface area contributed by atoms with E-state index in [2.05, 4.69) is 0 Å². The van der Waals surface area contributed by atoms with Gasteiger partial charge in [-0.3, -0.25) is 10.1 Å². The Morgan fingerprint density at radius 1 is 1.15 bits per heavy atom. The van der Waals surface area contributed by atoms with Crippen LogP contribution in [0.15, 0.2) is 42.5 Å². The molecule has 102 valence electrons. The fraction of sp³-hybridized carbons (Fsp3) is 0.125. The summed E-state index contributed by atoms with van der Waals surface area (Å²) in [5.74, 6) is 0.226. The zero-order valence-electron chi connectivity index (χ0n) is 11.3. The molecule has 1 N–H and O–H groups in total. The van der Waals surface area contributed by atoms with Crippen LogP contribution in [0, 0.1) is 24.0 Å². The molecule has 0 unspecified atom stereocenters. The van der Waals surface area contributed by atoms with Crippen molar-refractivity contribution in [1.29, 1.82) is 0 Å². The van der Waals surface area contributed by atoms with Crippen LogP contribution in [0.25, 0.3) is 11.8 Å². The number of hydrogen-bond donors (Lipinski definition) is 1. The van der Waals surface area contributed by atoms with Gasteiger partial charge in [-0.15, -0.1) is 0 Å². The summed E-state index contributed by atoms with van der Waals surface area (Å²) in [5, 5.41) is 21.0. The van der Waals surface area contributed by atoms with E-state index in [1.807, 2.05) is 6.07 Å². The van der Waals surface area contributed by atoms with Crippen molar-refractivity contribution in [3.8, 4) is 5.75 Å². The lowest BCUT2D eigenvalue weighted by atomic mass is 10.0. The van der Waals surface area contributed by atoms with Crippen LogP contribution in [-0.4, -0.2) is 10.0 Å². The van der Waals surface area contributed by atoms with E-state index in [-0.39, 0.29) is 11.4 Å². The third-order valence-electron chi connectivity index (χ3n) is 3.08. The summed E-state index contributed by atoms with van der Waals surface area (Å²) in [5.41, 5.74) is 2.70. The maximum atomic E-state index is 11.2. The molecule has 0 heterocycles. The molecule has 0 radical (unpaired) electrons. The van der Waals surface area contributed by atoms with E-state index < -0.39 is 4.92 Å². The fourth-order valence-corrected chi connectivity index (χ4v) is 2.08. The van der Waals surface area contributed by atoms with E-state index in [1.54, 1.807) is 50.2 Å². The van der Waals surface area contributed by atoms with Gasteiger partial charge in [0.15, 0.2) is 0 Å². The summed E-state index contributed by atoms with van der Waals surface area (Å²) >= 11 is 0. The molecule has 0 aliphatic heterocycles. The molecule has 0 fully saturated rings. The fourth-order valence-electron chi connectivity index (χ4n) is 2.08. The third kappa shape index (κ3) is 2.85. The molecule has 2 aromatic carbocycles. The van der Waals surface area contributed by atoms with Gasteiger partial charge < -0.3 is 5.11 Å². The standard InChI is InChI=1S/C16H15NO3/c1-11-8-13(9-12(2)16(11)18)10-15(17(19)20)14-6-4-3-5-7-14/h3-10,18H,1-2H3. The molecule has 0 amide bonds. The Labute approximate surface area is 117 Å². The predicted octanol–water partition coefficient (Wildman–Crippen LogP) is 3.78. The molecule has 2 rings (SSSR count). The minimum atomic E-state index is -0.396. The van der Waals surface area contributed by atoms with Gasteiger partial charge in [0.05, 0.1) is 10.5 Å². The second-order valence-corrected chi connectivity index (χ2v) is 4.66. The monoisotopic (exact) mass is 269 g/mol. The SMILES string of the molecule is Cc1cc(C=C(c2ccccc2)[N+](=O)[O-])cc(C)c1O. The molecule has 0 saturated carbocycles. The average Bonchev–Trinajstić information content (AvgIpc) is 2.42. The van der Waals surface area contributed by atoms with Crippen LogP contribution in [0.5, 0.6) is 5.75 Å². The van der Waals surface area contributed by atoms with Gasteiger partial charge in [-0.2, -0.15) is 0 Å². The van der Waals surface area contributed by atoms with Crippen molar-refractivity contribution in [1.82, 2.24) is 0 Å². The zero-order chi connectivity index (χ0) is 14.7. The second-order valence-electron chi connectivity index (χ2n) is 4.66. The van der Waals surface area contributed by atoms with Crippen molar-refractivity contribution in [2.24, 2.45) is 0 Å². The first kappa shape index (κ1) is 13.8. The number of phenols is 1. The third-order valence-corrected chi connectivity index (χ3v) is 3.08. The summed E-state index contributed by atoms with van der Waals surface area (Å²) in [7, 11) is 0. The van der Waals surface area contributed by atoms with E-state index in [9.17, 15) is 15.2 Å². The first-order valence-corrected chi connectivity index (χ1v) is 6.21. The van der Waals surface area contributed by atoms with Gasteiger partial charge in [0.1, 0.15) is 5.75 Å². The first-order valence-electron chi connectivity index (χ1n) is 6.21. The van der Waals surface area contributed by atoms with Crippen molar-refractivity contribution in [3.05, 3.63) is 74.8 Å². The van der Waals surface area contributed by atoms with Crippen LogP contribution in [-0.2, 0) is 0 Å². The van der Waals surface area contributed by atoms with Gasteiger partial charge in [-0.05, 0) is 54.8 Å². The minimum absolute atomic E-state index is 0.0371. The van der Waals surface area contributed by atoms with Crippen LogP contribution < -0.4 is 0 Å². The molecule has 2 aromatic rings. The van der Waals surface area contributed by atoms with Crippen molar-refractivity contribution in [2.75, 3.05) is 0 Å². The molecule has 0 aromatic heterocycles. The van der Waals surface area contributed by atoms with Crippen molar-refractivity contribution in [2.45, 2.75) is 13.8 Å². The minimum Gasteiger partial charge on any atom is -0.507 e. The summed E-state index contributed by atoms with van der Waals surface area (Å²) < 4.78 is 0. The lowest BCUT2D eigenvalue weighted by Gasteiger charge is -2.05. The number of phenolic OH excluding ortho intramolecular Hbond substituents is 1. The van der Waals surface area contributed by atoms with E-state index in [1.165, 1.54) is 6.08 Å². The predicted molar refractivity (Wildman–Crippen MR) is 78.9 cm³/mol. The molecular formula is C16H15NO3. The lowest BCUT2D eigenvalue weighted by molar-refractivity contribution is -0.374. The Hall–Kier alpha value is -2.62. The van der Waals surface area contributed by atoms with Gasteiger partial charge in [0.2, 0.25) is 0 Å². The number of hydrogen-bond acceptors (Lipinski definition) is 3. The van der Waals surface area contributed by atoms with Gasteiger partial charge in [0, 0.05) is 6.08 Å². The number of nitro groups is 1. The van der Waals surface area contributed by atoms with Crippen molar-refractivity contribution < 1.29 is 10.0 Å². The highest BCUT2D eigenvalue weighted by Crippen LogP contribution is 2.26. The Kier molecular flexibility index (Phi) is 3.84. The van der Waals surface area contributed by atoms with E-state index in [4.69, 9.17) is 0 Å².